The molecule has 2 fully saturated rings. The molecule has 8 nitrogen and oxygen atoms in total. The number of rotatable bonds is 2. The fourth-order valence-corrected chi connectivity index (χ4v) is 7.50. The smallest absolute Gasteiger partial charge is 0.309 e. The van der Waals surface area contributed by atoms with E-state index in [0.29, 0.717) is 11.8 Å². The van der Waals surface area contributed by atoms with Gasteiger partial charge in [0.15, 0.2) is 11.5 Å². The maximum absolute atomic E-state index is 10.5. The average Bonchev–Trinajstić information content (AvgIpc) is 3.10. The molecule has 7 rings (SSSR count). The molecule has 8 heteroatoms. The number of piperidine rings is 1. The zero-order chi connectivity index (χ0) is 23.1. The summed E-state index contributed by atoms with van der Waals surface area (Å²) in [5.41, 5.74) is 2.24. The van der Waals surface area contributed by atoms with Crippen molar-refractivity contribution in [3.63, 3.8) is 0 Å². The van der Waals surface area contributed by atoms with Gasteiger partial charge in [0.1, 0.15) is 12.1 Å². The summed E-state index contributed by atoms with van der Waals surface area (Å²) in [5.74, 6) is -1.99. The molecule has 0 aromatic heterocycles. The third-order valence-electron chi connectivity index (χ3n) is 8.79. The van der Waals surface area contributed by atoms with Gasteiger partial charge in [-0.25, -0.2) is 0 Å². The van der Waals surface area contributed by atoms with E-state index in [-0.39, 0.29) is 34.0 Å². The molecule has 0 amide bonds. The lowest BCUT2D eigenvalue weighted by Gasteiger charge is -2.68. The van der Waals surface area contributed by atoms with E-state index in [4.69, 9.17) is 9.84 Å². The summed E-state index contributed by atoms with van der Waals surface area (Å²) < 4.78 is 6.55. The minimum absolute atomic E-state index is 0.0236. The lowest BCUT2D eigenvalue weighted by molar-refractivity contribution is -0.923. The molecular formula is C24H26N2O6. The molecule has 1 unspecified atom stereocenters. The van der Waals surface area contributed by atoms with E-state index in [1.165, 1.54) is 11.1 Å². The number of nitrogens with one attached hydrogen (secondary N) is 1. The van der Waals surface area contributed by atoms with E-state index in [0.717, 1.165) is 25.8 Å². The van der Waals surface area contributed by atoms with Crippen molar-refractivity contribution in [1.29, 1.82) is 5.26 Å². The zero-order valence-electron chi connectivity index (χ0n) is 18.1. The highest BCUT2D eigenvalue weighted by atomic mass is 16.5. The second-order valence-electron chi connectivity index (χ2n) is 10.1. The summed E-state index contributed by atoms with van der Waals surface area (Å²) in [5, 5.41) is 37.4. The first-order chi connectivity index (χ1) is 15.1. The number of aliphatic carboxylic acids is 2. The van der Waals surface area contributed by atoms with Crippen molar-refractivity contribution in [3.8, 4) is 17.6 Å². The SMILES string of the molecule is C[NH+]1CC[C@]23c4c5ccc(O)c4O[C@H]2[C@@]2(C)C=C[C@@]3(C[C@H]2C#N)[C@H]1C5.O=C([O-])CC(=O)O. The predicted molar refractivity (Wildman–Crippen MR) is 109 cm³/mol. The highest BCUT2D eigenvalue weighted by Gasteiger charge is 2.79. The largest absolute Gasteiger partial charge is 0.550 e. The van der Waals surface area contributed by atoms with Crippen LogP contribution in [0.4, 0.5) is 0 Å². The van der Waals surface area contributed by atoms with Gasteiger partial charge in [0, 0.05) is 23.8 Å². The molecule has 7 atom stereocenters. The van der Waals surface area contributed by atoms with Crippen LogP contribution in [0.25, 0.3) is 0 Å². The number of hydrogen-bond donors (Lipinski definition) is 3. The summed E-state index contributed by atoms with van der Waals surface area (Å²) in [6.45, 7) is 3.32. The van der Waals surface area contributed by atoms with Crippen molar-refractivity contribution in [3.05, 3.63) is 35.4 Å². The number of likely N-dealkylation sites (N-methyl/N-ethyl adjacent to an activating group) is 1. The normalized spacial score (nSPS) is 40.9. The number of nitrogens with zero attached hydrogens (tertiary/aromatic N) is 1. The maximum atomic E-state index is 10.5. The molecule has 1 aromatic rings. The standard InChI is InChI=1S/C21H22N2O2.C3H4O4/c1-19-5-6-20(10-13(19)11-22)15-9-12-3-4-14(24)17-16(12)21(20,18(19)25-17)7-8-23(15)2;4-2(5)1-3(6)7/h3-6,13,15,18,24H,7-10H2,1-2H3;1H2,(H,4,5)(H,6,7)/t13-,15+,18-,19-,20+,21-;/m0./s1. The number of aromatic hydroxyl groups is 1. The van der Waals surface area contributed by atoms with Crippen molar-refractivity contribution in [2.45, 2.75) is 50.2 Å². The van der Waals surface area contributed by atoms with Gasteiger partial charge in [-0.2, -0.15) is 5.26 Å². The summed E-state index contributed by atoms with van der Waals surface area (Å²) in [4.78, 5) is 20.3. The van der Waals surface area contributed by atoms with Gasteiger partial charge in [-0.05, 0) is 18.1 Å². The Morgan fingerprint density at radius 1 is 1.38 bits per heavy atom. The molecule has 0 radical (unpaired) electrons. The Bertz CT molecular complexity index is 1100. The molecule has 168 valence electrons. The molecular weight excluding hydrogens is 412 g/mol. The Kier molecular flexibility index (Phi) is 4.22. The monoisotopic (exact) mass is 438 g/mol. The first-order valence-corrected chi connectivity index (χ1v) is 11.0. The van der Waals surface area contributed by atoms with E-state index in [9.17, 15) is 25.1 Å². The van der Waals surface area contributed by atoms with E-state index in [1.807, 2.05) is 0 Å². The highest BCUT2D eigenvalue weighted by molar-refractivity contribution is 5.87. The Hall–Kier alpha value is -3.05. The van der Waals surface area contributed by atoms with Gasteiger partial charge in [0.25, 0.3) is 0 Å². The van der Waals surface area contributed by atoms with Crippen LogP contribution in [0, 0.1) is 28.1 Å². The van der Waals surface area contributed by atoms with Gasteiger partial charge in [0.05, 0.1) is 48.8 Å². The number of ether oxygens (including phenoxy) is 1. The van der Waals surface area contributed by atoms with Crippen LogP contribution < -0.4 is 14.7 Å². The lowest BCUT2D eigenvalue weighted by atomic mass is 9.35. The number of benzene rings is 1. The van der Waals surface area contributed by atoms with Gasteiger partial charge < -0.3 is 29.8 Å². The molecule has 2 aliphatic heterocycles. The topological polar surface area (TPSA) is 135 Å². The Labute approximate surface area is 185 Å². The molecule has 6 aliphatic rings. The van der Waals surface area contributed by atoms with E-state index < -0.39 is 18.4 Å². The Morgan fingerprint density at radius 2 is 2.12 bits per heavy atom. The molecule has 2 heterocycles. The van der Waals surface area contributed by atoms with Crippen LogP contribution in [0.5, 0.6) is 11.5 Å². The van der Waals surface area contributed by atoms with Gasteiger partial charge in [0.2, 0.25) is 0 Å². The first-order valence-electron chi connectivity index (χ1n) is 11.0. The fourth-order valence-electron chi connectivity index (χ4n) is 7.50. The van der Waals surface area contributed by atoms with Crippen LogP contribution in [0.2, 0.25) is 0 Å². The molecule has 2 spiro atoms. The van der Waals surface area contributed by atoms with Crippen molar-refractivity contribution in [2.24, 2.45) is 16.7 Å². The number of likely N-dealkylation sites (tertiary alicyclic amines) is 1. The average molecular weight is 438 g/mol. The number of carboxylic acid groups (broad SMARTS) is 2. The van der Waals surface area contributed by atoms with E-state index >= 15 is 0 Å². The van der Waals surface area contributed by atoms with Crippen LogP contribution in [-0.2, 0) is 21.4 Å². The lowest BCUT2D eigenvalue weighted by Crippen LogP contribution is -3.18. The third-order valence-corrected chi connectivity index (χ3v) is 8.79. The van der Waals surface area contributed by atoms with Crippen molar-refractivity contribution >= 4 is 11.9 Å². The number of hydrogen-bond acceptors (Lipinski definition) is 6. The summed E-state index contributed by atoms with van der Waals surface area (Å²) >= 11 is 0. The van der Waals surface area contributed by atoms with Crippen LogP contribution >= 0.6 is 0 Å². The Morgan fingerprint density at radius 3 is 2.75 bits per heavy atom. The van der Waals surface area contributed by atoms with Crippen molar-refractivity contribution < 1.29 is 34.5 Å². The molecule has 3 N–H and O–H groups in total. The molecule has 4 bridgehead atoms. The zero-order valence-corrected chi connectivity index (χ0v) is 18.1. The van der Waals surface area contributed by atoms with Gasteiger partial charge in [-0.1, -0.05) is 25.1 Å². The van der Waals surface area contributed by atoms with E-state index in [2.05, 4.69) is 38.3 Å². The molecule has 32 heavy (non-hydrogen) atoms. The van der Waals surface area contributed by atoms with Crippen LogP contribution in [0.1, 0.15) is 37.3 Å². The van der Waals surface area contributed by atoms with Crippen molar-refractivity contribution in [1.82, 2.24) is 0 Å². The second kappa shape index (κ2) is 6.48. The predicted octanol–water partition coefficient (Wildman–Crippen LogP) is -0.449. The fraction of sp³-hybridized carbons (Fsp3) is 0.542. The molecule has 1 aromatic carbocycles. The van der Waals surface area contributed by atoms with Gasteiger partial charge in [-0.15, -0.1) is 0 Å². The summed E-state index contributed by atoms with van der Waals surface area (Å²) in [7, 11) is 2.31. The maximum Gasteiger partial charge on any atom is 0.309 e. The van der Waals surface area contributed by atoms with Crippen LogP contribution in [0.15, 0.2) is 24.3 Å². The minimum Gasteiger partial charge on any atom is -0.550 e. The van der Waals surface area contributed by atoms with Gasteiger partial charge in [-0.3, -0.25) is 4.79 Å². The van der Waals surface area contributed by atoms with Crippen molar-refractivity contribution in [2.75, 3.05) is 13.6 Å². The molecule has 4 aliphatic carbocycles. The Balaban J connectivity index is 0.000000272. The summed E-state index contributed by atoms with van der Waals surface area (Å²) in [6.07, 6.45) is 6.78. The second-order valence-corrected chi connectivity index (χ2v) is 10.1. The van der Waals surface area contributed by atoms with Crippen LogP contribution in [0.3, 0.4) is 0 Å². The van der Waals surface area contributed by atoms with E-state index in [1.54, 1.807) is 11.0 Å². The minimum atomic E-state index is -1.56. The first kappa shape index (κ1) is 20.8. The molecule has 1 saturated carbocycles. The number of carbonyl (C=O) groups excluding carboxylic acids is 1. The molecule has 1 saturated heterocycles. The number of phenolic OH excluding ortho intramolecular Hbond substituents is 1. The number of nitriles is 1. The number of carboxylic acids is 2. The van der Waals surface area contributed by atoms with Gasteiger partial charge >= 0.3 is 5.97 Å². The number of fused-ring (bicyclic) bond motifs is 1. The number of quaternary nitrogens is 1. The third kappa shape index (κ3) is 2.29. The quantitative estimate of drug-likeness (QED) is 0.420. The van der Waals surface area contributed by atoms with Crippen LogP contribution in [-0.4, -0.2) is 47.9 Å². The summed E-state index contributed by atoms with van der Waals surface area (Å²) in [6, 6.07) is 6.99. The number of phenols is 1. The number of carbonyl (C=O) groups is 2. The highest BCUT2D eigenvalue weighted by Crippen LogP contribution is 2.74.